The number of allylic oxidation sites excluding steroid dienone is 1. The van der Waals surface area contributed by atoms with Gasteiger partial charge in [-0.05, 0) is 37.0 Å². The number of hydrogen-bond donors (Lipinski definition) is 2. The van der Waals surface area contributed by atoms with Gasteiger partial charge in [0.1, 0.15) is 0 Å². The second kappa shape index (κ2) is 8.20. The SMILES string of the molecule is C=C[C@@H]1C[C@H](C(=O)O)C[C@H]1[C@H](CC(CC)CC)NC(C)=O. The molecule has 0 saturated heterocycles. The highest BCUT2D eigenvalue weighted by Crippen LogP contribution is 2.41. The van der Waals surface area contributed by atoms with Gasteiger partial charge in [0.05, 0.1) is 5.92 Å². The molecule has 1 amide bonds. The fourth-order valence-corrected chi connectivity index (χ4v) is 3.62. The minimum atomic E-state index is -0.728. The number of nitrogens with one attached hydrogen (secondary N) is 1. The summed E-state index contributed by atoms with van der Waals surface area (Å²) in [6, 6.07) is 0.0553. The number of amides is 1. The molecule has 0 aromatic rings. The summed E-state index contributed by atoms with van der Waals surface area (Å²) in [5, 5.41) is 12.3. The number of carbonyl (C=O) groups is 2. The highest BCUT2D eigenvalue weighted by molar-refractivity contribution is 5.73. The van der Waals surface area contributed by atoms with Crippen molar-refractivity contribution in [2.45, 2.75) is 58.9 Å². The second-order valence-corrected chi connectivity index (χ2v) is 6.30. The number of hydrogen-bond acceptors (Lipinski definition) is 2. The lowest BCUT2D eigenvalue weighted by atomic mass is 9.82. The predicted molar refractivity (Wildman–Crippen MR) is 83.8 cm³/mol. The molecule has 4 nitrogen and oxygen atoms in total. The van der Waals surface area contributed by atoms with Crippen LogP contribution in [0.5, 0.6) is 0 Å². The van der Waals surface area contributed by atoms with Crippen LogP contribution in [-0.4, -0.2) is 23.0 Å². The van der Waals surface area contributed by atoms with Crippen LogP contribution in [0.4, 0.5) is 0 Å². The summed E-state index contributed by atoms with van der Waals surface area (Å²) in [4.78, 5) is 22.8. The maximum Gasteiger partial charge on any atom is 0.306 e. The number of carboxylic acid groups (broad SMARTS) is 1. The first-order valence-electron chi connectivity index (χ1n) is 8.05. The van der Waals surface area contributed by atoms with Crippen molar-refractivity contribution < 1.29 is 14.7 Å². The molecule has 2 N–H and O–H groups in total. The van der Waals surface area contributed by atoms with Gasteiger partial charge in [0.2, 0.25) is 5.91 Å². The van der Waals surface area contributed by atoms with E-state index in [1.807, 2.05) is 6.08 Å². The van der Waals surface area contributed by atoms with Crippen molar-refractivity contribution in [1.29, 1.82) is 0 Å². The van der Waals surface area contributed by atoms with Gasteiger partial charge in [0, 0.05) is 13.0 Å². The molecule has 0 aromatic carbocycles. The van der Waals surface area contributed by atoms with Gasteiger partial charge >= 0.3 is 5.97 Å². The average molecular weight is 295 g/mol. The summed E-state index contributed by atoms with van der Waals surface area (Å²) in [7, 11) is 0. The first kappa shape index (κ1) is 17.7. The molecule has 120 valence electrons. The Morgan fingerprint density at radius 2 is 1.95 bits per heavy atom. The van der Waals surface area contributed by atoms with Gasteiger partial charge in [0.15, 0.2) is 0 Å². The largest absolute Gasteiger partial charge is 0.481 e. The molecule has 1 saturated carbocycles. The zero-order chi connectivity index (χ0) is 16.0. The normalized spacial score (nSPS) is 26.6. The van der Waals surface area contributed by atoms with Crippen molar-refractivity contribution in [3.05, 3.63) is 12.7 Å². The molecular formula is C17H29NO3. The van der Waals surface area contributed by atoms with Gasteiger partial charge in [-0.3, -0.25) is 9.59 Å². The van der Waals surface area contributed by atoms with Crippen molar-refractivity contribution in [1.82, 2.24) is 5.32 Å². The number of rotatable bonds is 8. The maximum absolute atomic E-state index is 11.5. The summed E-state index contributed by atoms with van der Waals surface area (Å²) in [6.07, 6.45) is 6.24. The van der Waals surface area contributed by atoms with Crippen LogP contribution >= 0.6 is 0 Å². The molecule has 1 fully saturated rings. The second-order valence-electron chi connectivity index (χ2n) is 6.30. The van der Waals surface area contributed by atoms with E-state index in [0.29, 0.717) is 18.8 Å². The molecule has 0 spiro atoms. The third-order valence-electron chi connectivity index (χ3n) is 4.96. The van der Waals surface area contributed by atoms with Crippen LogP contribution in [0.1, 0.15) is 52.9 Å². The Bertz CT molecular complexity index is 376. The number of carbonyl (C=O) groups excluding carboxylic acids is 1. The third kappa shape index (κ3) is 4.87. The van der Waals surface area contributed by atoms with Crippen molar-refractivity contribution in [2.75, 3.05) is 0 Å². The molecule has 1 aliphatic rings. The van der Waals surface area contributed by atoms with Crippen LogP contribution in [0.25, 0.3) is 0 Å². The highest BCUT2D eigenvalue weighted by Gasteiger charge is 2.41. The monoisotopic (exact) mass is 295 g/mol. The molecule has 0 aromatic heterocycles. The third-order valence-corrected chi connectivity index (χ3v) is 4.96. The van der Waals surface area contributed by atoms with Crippen LogP contribution in [0, 0.1) is 23.7 Å². The van der Waals surface area contributed by atoms with Gasteiger partial charge in [-0.1, -0.05) is 32.8 Å². The standard InChI is InChI=1S/C17H29NO3/c1-5-12(6-2)8-16(18-11(4)19)15-10-14(17(20)21)9-13(15)7-3/h7,12-16H,3,5-6,8-10H2,1-2,4H3,(H,18,19)(H,20,21)/t13-,14+,15-,16+/m1/s1. The van der Waals surface area contributed by atoms with E-state index in [2.05, 4.69) is 25.7 Å². The number of carboxylic acids is 1. The van der Waals surface area contributed by atoms with E-state index in [1.54, 1.807) is 0 Å². The summed E-state index contributed by atoms with van der Waals surface area (Å²) < 4.78 is 0. The van der Waals surface area contributed by atoms with Crippen molar-refractivity contribution in [2.24, 2.45) is 23.7 Å². The fraction of sp³-hybridized carbons (Fsp3) is 0.765. The van der Waals surface area contributed by atoms with Crippen molar-refractivity contribution in [3.63, 3.8) is 0 Å². The Labute approximate surface area is 128 Å². The van der Waals surface area contributed by atoms with Crippen LogP contribution < -0.4 is 5.32 Å². The Hall–Kier alpha value is -1.32. The predicted octanol–water partition coefficient (Wildman–Crippen LogP) is 3.23. The molecule has 0 unspecified atom stereocenters. The van der Waals surface area contributed by atoms with Crippen LogP contribution in [0.2, 0.25) is 0 Å². The average Bonchev–Trinajstić information content (AvgIpc) is 2.87. The van der Waals surface area contributed by atoms with Gasteiger partial charge < -0.3 is 10.4 Å². The Balaban J connectivity index is 2.87. The lowest BCUT2D eigenvalue weighted by Crippen LogP contribution is -2.41. The topological polar surface area (TPSA) is 66.4 Å². The molecule has 0 aliphatic heterocycles. The number of aliphatic carboxylic acids is 1. The fourth-order valence-electron chi connectivity index (χ4n) is 3.62. The molecule has 4 heteroatoms. The van der Waals surface area contributed by atoms with E-state index < -0.39 is 5.97 Å². The van der Waals surface area contributed by atoms with E-state index in [-0.39, 0.29) is 29.7 Å². The van der Waals surface area contributed by atoms with E-state index in [9.17, 15) is 14.7 Å². The molecule has 0 radical (unpaired) electrons. The molecule has 21 heavy (non-hydrogen) atoms. The summed E-state index contributed by atoms with van der Waals surface area (Å²) in [6.45, 7) is 9.73. The van der Waals surface area contributed by atoms with E-state index in [4.69, 9.17) is 0 Å². The van der Waals surface area contributed by atoms with Crippen molar-refractivity contribution >= 4 is 11.9 Å². The lowest BCUT2D eigenvalue weighted by molar-refractivity contribution is -0.141. The van der Waals surface area contributed by atoms with Crippen molar-refractivity contribution in [3.8, 4) is 0 Å². The van der Waals surface area contributed by atoms with Crippen LogP contribution in [0.15, 0.2) is 12.7 Å². The Morgan fingerprint density at radius 3 is 2.38 bits per heavy atom. The summed E-state index contributed by atoms with van der Waals surface area (Å²) >= 11 is 0. The first-order valence-corrected chi connectivity index (χ1v) is 8.05. The van der Waals surface area contributed by atoms with Gasteiger partial charge in [-0.2, -0.15) is 0 Å². The summed E-state index contributed by atoms with van der Waals surface area (Å²) in [5.41, 5.74) is 0. The molecule has 0 bridgehead atoms. The van der Waals surface area contributed by atoms with Gasteiger partial charge in [-0.15, -0.1) is 6.58 Å². The maximum atomic E-state index is 11.5. The Morgan fingerprint density at radius 1 is 1.33 bits per heavy atom. The molecule has 4 atom stereocenters. The molecule has 0 heterocycles. The zero-order valence-electron chi connectivity index (χ0n) is 13.5. The van der Waals surface area contributed by atoms with Gasteiger partial charge in [0.25, 0.3) is 0 Å². The van der Waals surface area contributed by atoms with Crippen LogP contribution in [0.3, 0.4) is 0 Å². The molecular weight excluding hydrogens is 266 g/mol. The molecule has 1 aliphatic carbocycles. The Kier molecular flexibility index (Phi) is 6.93. The molecule has 1 rings (SSSR count). The lowest BCUT2D eigenvalue weighted by Gasteiger charge is -2.30. The quantitative estimate of drug-likeness (QED) is 0.676. The first-order chi connectivity index (χ1) is 9.92. The van der Waals surface area contributed by atoms with Crippen LogP contribution in [-0.2, 0) is 9.59 Å². The minimum Gasteiger partial charge on any atom is -0.481 e. The van der Waals surface area contributed by atoms with Gasteiger partial charge in [-0.25, -0.2) is 0 Å². The van der Waals surface area contributed by atoms with E-state index in [1.165, 1.54) is 6.92 Å². The smallest absolute Gasteiger partial charge is 0.306 e. The highest BCUT2D eigenvalue weighted by atomic mass is 16.4. The van der Waals surface area contributed by atoms with E-state index >= 15 is 0 Å². The summed E-state index contributed by atoms with van der Waals surface area (Å²) in [5.74, 6) is -0.140. The van der Waals surface area contributed by atoms with E-state index in [0.717, 1.165) is 19.3 Å². The minimum absolute atomic E-state index is 0.0347. The zero-order valence-corrected chi connectivity index (χ0v) is 13.5.